The van der Waals surface area contributed by atoms with Gasteiger partial charge < -0.3 is 4.43 Å². The van der Waals surface area contributed by atoms with Gasteiger partial charge in [0.05, 0.1) is 5.60 Å². The zero-order valence-electron chi connectivity index (χ0n) is 20.0. The van der Waals surface area contributed by atoms with E-state index in [-0.39, 0.29) is 22.0 Å². The number of carbonyl (C=O) groups excluding carboxylic acids is 1. The summed E-state index contributed by atoms with van der Waals surface area (Å²) in [6.45, 7) is 21.5. The van der Waals surface area contributed by atoms with Crippen molar-refractivity contribution in [2.24, 2.45) is 34.0 Å². The molecular weight excluding hydrogens is 360 g/mol. The van der Waals surface area contributed by atoms with Crippen molar-refractivity contribution < 1.29 is 9.22 Å². The molecule has 0 aliphatic heterocycles. The Kier molecular flexibility index (Phi) is 4.33. The summed E-state index contributed by atoms with van der Waals surface area (Å²) < 4.78 is 7.17. The fourth-order valence-electron chi connectivity index (χ4n) is 8.05. The molecule has 0 aromatic heterocycles. The smallest absolute Gasteiger partial charge is 0.192 e. The molecule has 4 aliphatic rings. The molecule has 2 nitrogen and oxygen atoms in total. The van der Waals surface area contributed by atoms with Gasteiger partial charge in [0.1, 0.15) is 5.78 Å². The number of hydrogen-bond donors (Lipinski definition) is 0. The Morgan fingerprint density at radius 1 is 0.964 bits per heavy atom. The Morgan fingerprint density at radius 3 is 2.21 bits per heavy atom. The predicted molar refractivity (Wildman–Crippen MR) is 119 cm³/mol. The molecular formula is C25H44O2Si. The Labute approximate surface area is 174 Å². The molecule has 0 N–H and O–H groups in total. The van der Waals surface area contributed by atoms with Crippen LogP contribution in [0.25, 0.3) is 0 Å². The fourth-order valence-corrected chi connectivity index (χ4v) is 9.74. The first-order valence-corrected chi connectivity index (χ1v) is 14.8. The van der Waals surface area contributed by atoms with Crippen LogP contribution in [0, 0.1) is 34.0 Å². The first-order valence-electron chi connectivity index (χ1n) is 11.9. The van der Waals surface area contributed by atoms with Crippen LogP contribution in [0.5, 0.6) is 0 Å². The summed E-state index contributed by atoms with van der Waals surface area (Å²) in [6, 6.07) is 0. The maximum atomic E-state index is 13.2. The van der Waals surface area contributed by atoms with Crippen LogP contribution >= 0.6 is 0 Å². The average molecular weight is 405 g/mol. The van der Waals surface area contributed by atoms with E-state index in [0.29, 0.717) is 22.5 Å². The van der Waals surface area contributed by atoms with Crippen molar-refractivity contribution >= 4 is 14.1 Å². The van der Waals surface area contributed by atoms with Crippen LogP contribution < -0.4 is 0 Å². The zero-order valence-corrected chi connectivity index (χ0v) is 21.0. The molecule has 0 amide bonds. The van der Waals surface area contributed by atoms with Crippen molar-refractivity contribution in [2.45, 2.75) is 117 Å². The number of rotatable bonds is 2. The van der Waals surface area contributed by atoms with Gasteiger partial charge in [0, 0.05) is 16.7 Å². The summed E-state index contributed by atoms with van der Waals surface area (Å²) in [7, 11) is -1.77. The summed E-state index contributed by atoms with van der Waals surface area (Å²) in [6.07, 6.45) is 8.39. The van der Waals surface area contributed by atoms with E-state index in [1.54, 1.807) is 0 Å². The first-order chi connectivity index (χ1) is 12.6. The van der Waals surface area contributed by atoms with Crippen LogP contribution in [0.4, 0.5) is 0 Å². The van der Waals surface area contributed by atoms with Crippen LogP contribution in [0.1, 0.15) is 93.4 Å². The molecule has 0 bridgehead atoms. The lowest BCUT2D eigenvalue weighted by Gasteiger charge is -2.62. The second kappa shape index (κ2) is 5.75. The van der Waals surface area contributed by atoms with E-state index >= 15 is 0 Å². The second-order valence-electron chi connectivity index (χ2n) is 13.4. The molecule has 0 aromatic carbocycles. The van der Waals surface area contributed by atoms with E-state index in [1.165, 1.54) is 32.1 Å². The van der Waals surface area contributed by atoms with Gasteiger partial charge in [0.2, 0.25) is 0 Å². The van der Waals surface area contributed by atoms with Crippen LogP contribution in [-0.2, 0) is 9.22 Å². The molecule has 3 heteroatoms. The molecule has 7 atom stereocenters. The number of Topliss-reactive ketones (excluding diaryl/α,β-unsaturated/α-hetero) is 1. The number of ketones is 1. The summed E-state index contributed by atoms with van der Waals surface area (Å²) in [5.74, 6) is 2.13. The van der Waals surface area contributed by atoms with Crippen molar-refractivity contribution in [1.82, 2.24) is 0 Å². The van der Waals surface area contributed by atoms with Gasteiger partial charge in [-0.05, 0) is 80.3 Å². The lowest BCUT2D eigenvalue weighted by Crippen LogP contribution is -2.60. The summed E-state index contributed by atoms with van der Waals surface area (Å²) in [4.78, 5) is 13.2. The minimum absolute atomic E-state index is 0.0749. The molecule has 0 spiro atoms. The van der Waals surface area contributed by atoms with Crippen molar-refractivity contribution in [3.8, 4) is 0 Å². The summed E-state index contributed by atoms with van der Waals surface area (Å²) in [5, 5.41) is 0.267. The van der Waals surface area contributed by atoms with E-state index in [1.807, 2.05) is 0 Å². The lowest BCUT2D eigenvalue weighted by atomic mass is 9.42. The first kappa shape index (κ1) is 21.1. The Bertz CT molecular complexity index is 693. The van der Waals surface area contributed by atoms with E-state index in [4.69, 9.17) is 4.43 Å². The third kappa shape index (κ3) is 2.50. The molecule has 0 unspecified atom stereocenters. The molecule has 0 aromatic rings. The standard InChI is InChI=1S/C25H44O2Si/c1-17-10-11-18-22(5)14-15-25(27-28(8,9)21(2,3)4)16-24(25,7)19(22)12-13-23(18,6)20(17)26/h17-19H,10-16H2,1-9H3/t17-,18+,19+,22+,23+,24-,25+/m0/s1. The third-order valence-electron chi connectivity index (χ3n) is 10.9. The van der Waals surface area contributed by atoms with Crippen molar-refractivity contribution in [3.63, 3.8) is 0 Å². The maximum absolute atomic E-state index is 13.2. The molecule has 4 aliphatic carbocycles. The molecule has 4 rings (SSSR count). The fraction of sp³-hybridized carbons (Fsp3) is 0.960. The monoisotopic (exact) mass is 404 g/mol. The van der Waals surface area contributed by atoms with Crippen LogP contribution in [0.3, 0.4) is 0 Å². The highest BCUT2D eigenvalue weighted by Gasteiger charge is 2.77. The van der Waals surface area contributed by atoms with Gasteiger partial charge >= 0.3 is 0 Å². The summed E-state index contributed by atoms with van der Waals surface area (Å²) in [5.41, 5.74) is 0.686. The Morgan fingerprint density at radius 2 is 1.61 bits per heavy atom. The van der Waals surface area contributed by atoms with Gasteiger partial charge in [-0.15, -0.1) is 0 Å². The van der Waals surface area contributed by atoms with Gasteiger partial charge in [0.25, 0.3) is 0 Å². The number of hydrogen-bond acceptors (Lipinski definition) is 2. The van der Waals surface area contributed by atoms with Crippen LogP contribution in [0.2, 0.25) is 18.1 Å². The third-order valence-corrected chi connectivity index (χ3v) is 15.4. The minimum atomic E-state index is -1.77. The highest BCUT2D eigenvalue weighted by Crippen LogP contribution is 2.78. The zero-order chi connectivity index (χ0) is 21.0. The second-order valence-corrected chi connectivity index (χ2v) is 18.1. The van der Waals surface area contributed by atoms with Gasteiger partial charge in [-0.2, -0.15) is 0 Å². The molecule has 4 fully saturated rings. The van der Waals surface area contributed by atoms with Gasteiger partial charge in [-0.3, -0.25) is 4.79 Å². The topological polar surface area (TPSA) is 26.3 Å². The van der Waals surface area contributed by atoms with Crippen molar-refractivity contribution in [1.29, 1.82) is 0 Å². The molecule has 4 saturated carbocycles. The minimum Gasteiger partial charge on any atom is -0.411 e. The van der Waals surface area contributed by atoms with E-state index in [9.17, 15) is 4.79 Å². The number of fused-ring (bicyclic) bond motifs is 5. The van der Waals surface area contributed by atoms with E-state index < -0.39 is 8.32 Å². The Balaban J connectivity index is 1.64. The maximum Gasteiger partial charge on any atom is 0.192 e. The largest absolute Gasteiger partial charge is 0.411 e. The SMILES string of the molecule is C[C@H]1CC[C@@H]2[C@@]3(C)CC[C@@]4(O[Si](C)(C)C(C)(C)C)C[C@@]4(C)[C@@H]3CC[C@@]2(C)C1=O. The van der Waals surface area contributed by atoms with Crippen molar-refractivity contribution in [3.05, 3.63) is 0 Å². The average Bonchev–Trinajstić information content (AvgIpc) is 3.15. The predicted octanol–water partition coefficient (Wildman–Crippen LogP) is 6.99. The van der Waals surface area contributed by atoms with Crippen LogP contribution in [-0.4, -0.2) is 19.7 Å². The quantitative estimate of drug-likeness (QED) is 0.464. The Hall–Kier alpha value is -0.153. The number of carbonyl (C=O) groups is 1. The molecule has 160 valence electrons. The highest BCUT2D eigenvalue weighted by atomic mass is 28.4. The molecule has 0 saturated heterocycles. The van der Waals surface area contributed by atoms with Gasteiger partial charge in [-0.25, -0.2) is 0 Å². The van der Waals surface area contributed by atoms with E-state index in [2.05, 4.69) is 61.6 Å². The lowest BCUT2D eigenvalue weighted by molar-refractivity contribution is -0.169. The van der Waals surface area contributed by atoms with E-state index in [0.717, 1.165) is 18.8 Å². The normalized spacial score (nSPS) is 51.2. The highest BCUT2D eigenvalue weighted by molar-refractivity contribution is 6.74. The van der Waals surface area contributed by atoms with Gasteiger partial charge in [0.15, 0.2) is 8.32 Å². The van der Waals surface area contributed by atoms with Gasteiger partial charge in [-0.1, -0.05) is 48.5 Å². The van der Waals surface area contributed by atoms with Crippen molar-refractivity contribution in [2.75, 3.05) is 0 Å². The summed E-state index contributed by atoms with van der Waals surface area (Å²) >= 11 is 0. The molecule has 28 heavy (non-hydrogen) atoms. The molecule has 0 heterocycles. The van der Waals surface area contributed by atoms with Crippen LogP contribution in [0.15, 0.2) is 0 Å². The molecule has 0 radical (unpaired) electrons.